The first-order valence-corrected chi connectivity index (χ1v) is 8.72. The number of benzene rings is 2. The summed E-state index contributed by atoms with van der Waals surface area (Å²) < 4.78 is 12.4. The zero-order valence-corrected chi connectivity index (χ0v) is 15.8. The molecule has 0 radical (unpaired) electrons. The molecule has 0 spiro atoms. The Labute approximate surface area is 162 Å². The molecule has 3 rings (SSSR count). The summed E-state index contributed by atoms with van der Waals surface area (Å²) in [4.78, 5) is 0. The molecule has 1 heterocycles. The van der Waals surface area contributed by atoms with Crippen LogP contribution in [0.15, 0.2) is 64.8 Å². The summed E-state index contributed by atoms with van der Waals surface area (Å²) in [5, 5.41) is 13.3. The van der Waals surface area contributed by atoms with Crippen molar-refractivity contribution in [3.05, 3.63) is 54.6 Å². The average molecular weight is 381 g/mol. The Kier molecular flexibility index (Phi) is 5.77. The standard InChI is InChI=1S/C19H19N5O2S/c1-3-26-18-17(22-21-14-11-7-8-12-15(14)25-2)16(23-24(18)19(20)27)13-9-5-4-6-10-13/h4-12H,3H2,1-2H3,(H2,20,27). The number of nitrogens with two attached hydrogens (primary N) is 1. The van der Waals surface area contributed by atoms with Gasteiger partial charge in [0.2, 0.25) is 5.88 Å². The molecule has 0 amide bonds. The Bertz CT molecular complexity index is 969. The highest BCUT2D eigenvalue weighted by atomic mass is 32.1. The Hall–Kier alpha value is -3.26. The largest absolute Gasteiger partial charge is 0.494 e. The second-order valence-electron chi connectivity index (χ2n) is 5.42. The van der Waals surface area contributed by atoms with Crippen LogP contribution < -0.4 is 15.2 Å². The number of hydrogen-bond donors (Lipinski definition) is 1. The topological polar surface area (TPSA) is 87.0 Å². The minimum absolute atomic E-state index is 0.0642. The third-order valence-corrected chi connectivity index (χ3v) is 3.87. The molecule has 7 nitrogen and oxygen atoms in total. The van der Waals surface area contributed by atoms with Crippen LogP contribution in [-0.2, 0) is 0 Å². The van der Waals surface area contributed by atoms with Crippen molar-refractivity contribution in [2.45, 2.75) is 6.92 Å². The molecule has 0 aliphatic rings. The number of thiocarbonyl (C=S) groups is 1. The molecular formula is C19H19N5O2S. The molecule has 27 heavy (non-hydrogen) atoms. The lowest BCUT2D eigenvalue weighted by Gasteiger charge is -2.06. The van der Waals surface area contributed by atoms with Crippen LogP contribution in [0.5, 0.6) is 11.6 Å². The Balaban J connectivity index is 2.16. The van der Waals surface area contributed by atoms with Gasteiger partial charge in [0.25, 0.3) is 0 Å². The van der Waals surface area contributed by atoms with Crippen molar-refractivity contribution in [2.24, 2.45) is 16.0 Å². The zero-order chi connectivity index (χ0) is 19.2. The highest BCUT2D eigenvalue weighted by Gasteiger charge is 2.22. The maximum Gasteiger partial charge on any atom is 0.248 e. The van der Waals surface area contributed by atoms with Crippen molar-refractivity contribution in [1.82, 2.24) is 9.78 Å². The average Bonchev–Trinajstić information content (AvgIpc) is 3.06. The van der Waals surface area contributed by atoms with Crippen LogP contribution in [0.1, 0.15) is 6.92 Å². The van der Waals surface area contributed by atoms with Gasteiger partial charge in [-0.05, 0) is 31.3 Å². The molecule has 2 aromatic carbocycles. The van der Waals surface area contributed by atoms with Gasteiger partial charge in [-0.25, -0.2) is 0 Å². The molecule has 0 fully saturated rings. The molecular weight excluding hydrogens is 362 g/mol. The number of para-hydroxylation sites is 1. The van der Waals surface area contributed by atoms with Gasteiger partial charge < -0.3 is 15.2 Å². The second-order valence-corrected chi connectivity index (χ2v) is 5.84. The van der Waals surface area contributed by atoms with E-state index in [2.05, 4.69) is 15.3 Å². The van der Waals surface area contributed by atoms with E-state index in [4.69, 9.17) is 27.4 Å². The van der Waals surface area contributed by atoms with E-state index in [1.165, 1.54) is 4.68 Å². The fourth-order valence-corrected chi connectivity index (χ4v) is 2.63. The molecule has 0 saturated carbocycles. The van der Waals surface area contributed by atoms with E-state index in [1.807, 2.05) is 61.5 Å². The van der Waals surface area contributed by atoms with E-state index in [9.17, 15) is 0 Å². The van der Waals surface area contributed by atoms with Crippen molar-refractivity contribution in [2.75, 3.05) is 13.7 Å². The summed E-state index contributed by atoms with van der Waals surface area (Å²) in [5.74, 6) is 0.963. The smallest absolute Gasteiger partial charge is 0.248 e. The maximum absolute atomic E-state index is 5.82. The predicted octanol–water partition coefficient (Wildman–Crippen LogP) is 4.46. The predicted molar refractivity (Wildman–Crippen MR) is 108 cm³/mol. The number of aromatic nitrogens is 2. The molecule has 3 aromatic rings. The zero-order valence-electron chi connectivity index (χ0n) is 15.0. The summed E-state index contributed by atoms with van der Waals surface area (Å²) >= 11 is 5.11. The normalized spacial score (nSPS) is 10.9. The number of azo groups is 1. The van der Waals surface area contributed by atoms with Crippen LogP contribution in [0, 0.1) is 0 Å². The lowest BCUT2D eigenvalue weighted by Crippen LogP contribution is -2.21. The highest BCUT2D eigenvalue weighted by molar-refractivity contribution is 7.80. The van der Waals surface area contributed by atoms with Crippen LogP contribution in [0.25, 0.3) is 11.3 Å². The van der Waals surface area contributed by atoms with Gasteiger partial charge in [-0.3, -0.25) is 0 Å². The molecule has 8 heteroatoms. The summed E-state index contributed by atoms with van der Waals surface area (Å²) in [7, 11) is 1.58. The van der Waals surface area contributed by atoms with Gasteiger partial charge in [0, 0.05) is 5.56 Å². The van der Waals surface area contributed by atoms with Crippen molar-refractivity contribution in [3.8, 4) is 22.9 Å². The lowest BCUT2D eigenvalue weighted by molar-refractivity contribution is 0.320. The van der Waals surface area contributed by atoms with Gasteiger partial charge >= 0.3 is 0 Å². The van der Waals surface area contributed by atoms with Crippen LogP contribution in [0.2, 0.25) is 0 Å². The maximum atomic E-state index is 5.82. The summed E-state index contributed by atoms with van der Waals surface area (Å²) in [5.41, 5.74) is 8.28. The summed E-state index contributed by atoms with van der Waals surface area (Å²) in [6.45, 7) is 2.26. The SMILES string of the molecule is CCOc1c(N=Nc2ccccc2OC)c(-c2ccccc2)nn1C(N)=S. The molecule has 1 aromatic heterocycles. The molecule has 138 valence electrons. The van der Waals surface area contributed by atoms with Gasteiger partial charge in [-0.2, -0.15) is 9.78 Å². The third-order valence-electron chi connectivity index (χ3n) is 3.70. The third kappa shape index (κ3) is 3.95. The Morgan fingerprint density at radius 3 is 2.48 bits per heavy atom. The minimum atomic E-state index is 0.0642. The first-order valence-electron chi connectivity index (χ1n) is 8.31. The van der Waals surface area contributed by atoms with Gasteiger partial charge in [0.1, 0.15) is 17.1 Å². The Morgan fingerprint density at radius 1 is 1.11 bits per heavy atom. The summed E-state index contributed by atoms with van der Waals surface area (Å²) in [6.07, 6.45) is 0. The molecule has 0 saturated heterocycles. The minimum Gasteiger partial charge on any atom is -0.494 e. The van der Waals surface area contributed by atoms with Gasteiger partial charge in [-0.15, -0.1) is 10.2 Å². The molecule has 0 aliphatic carbocycles. The molecule has 2 N–H and O–H groups in total. The van der Waals surface area contributed by atoms with Crippen molar-refractivity contribution >= 4 is 28.7 Å². The van der Waals surface area contributed by atoms with E-state index >= 15 is 0 Å². The van der Waals surface area contributed by atoms with Crippen LogP contribution >= 0.6 is 12.2 Å². The molecule has 0 unspecified atom stereocenters. The summed E-state index contributed by atoms with van der Waals surface area (Å²) in [6, 6.07) is 16.9. The fourth-order valence-electron chi connectivity index (χ4n) is 2.51. The molecule has 0 bridgehead atoms. The van der Waals surface area contributed by atoms with Crippen LogP contribution in [0.3, 0.4) is 0 Å². The van der Waals surface area contributed by atoms with Crippen LogP contribution in [-0.4, -0.2) is 28.6 Å². The molecule has 0 aliphatic heterocycles. The number of ether oxygens (including phenoxy) is 2. The highest BCUT2D eigenvalue weighted by Crippen LogP contribution is 2.40. The first-order chi connectivity index (χ1) is 13.2. The van der Waals surface area contributed by atoms with E-state index in [0.717, 1.165) is 5.56 Å². The van der Waals surface area contributed by atoms with E-state index < -0.39 is 0 Å². The second kappa shape index (κ2) is 8.41. The fraction of sp³-hybridized carbons (Fsp3) is 0.158. The van der Waals surface area contributed by atoms with Gasteiger partial charge in [0.05, 0.1) is 13.7 Å². The van der Waals surface area contributed by atoms with Crippen molar-refractivity contribution in [3.63, 3.8) is 0 Å². The van der Waals surface area contributed by atoms with Crippen molar-refractivity contribution in [1.29, 1.82) is 0 Å². The number of methoxy groups -OCH3 is 1. The molecule has 0 atom stereocenters. The van der Waals surface area contributed by atoms with E-state index in [0.29, 0.717) is 35.3 Å². The number of rotatable bonds is 6. The number of nitrogens with zero attached hydrogens (tertiary/aromatic N) is 4. The quantitative estimate of drug-likeness (QED) is 0.503. The number of hydrogen-bond acceptors (Lipinski definition) is 6. The van der Waals surface area contributed by atoms with Crippen LogP contribution in [0.4, 0.5) is 11.4 Å². The van der Waals surface area contributed by atoms with Gasteiger partial charge in [0.15, 0.2) is 10.8 Å². The van der Waals surface area contributed by atoms with E-state index in [1.54, 1.807) is 7.11 Å². The van der Waals surface area contributed by atoms with Crippen molar-refractivity contribution < 1.29 is 9.47 Å². The van der Waals surface area contributed by atoms with E-state index in [-0.39, 0.29) is 5.11 Å². The first kappa shape index (κ1) is 18.5. The lowest BCUT2D eigenvalue weighted by atomic mass is 10.1. The monoisotopic (exact) mass is 381 g/mol. The Morgan fingerprint density at radius 2 is 1.81 bits per heavy atom. The van der Waals surface area contributed by atoms with Gasteiger partial charge in [-0.1, -0.05) is 42.5 Å².